The minimum Gasteiger partial charge on any atom is -0.299 e. The van der Waals surface area contributed by atoms with Gasteiger partial charge in [0.25, 0.3) is 0 Å². The first-order valence-electron chi connectivity index (χ1n) is 4.30. The summed E-state index contributed by atoms with van der Waals surface area (Å²) in [5.74, 6) is 0.0570. The summed E-state index contributed by atoms with van der Waals surface area (Å²) in [6.07, 6.45) is 4.75. The van der Waals surface area contributed by atoms with Gasteiger partial charge in [0.15, 0.2) is 0 Å². The van der Waals surface area contributed by atoms with Gasteiger partial charge in [-0.15, -0.1) is 0 Å². The maximum Gasteiger partial charge on any atom is 0.205 e. The van der Waals surface area contributed by atoms with Gasteiger partial charge in [0.05, 0.1) is 5.41 Å². The van der Waals surface area contributed by atoms with Crippen molar-refractivity contribution < 1.29 is 9.59 Å². The zero-order valence-corrected chi connectivity index (χ0v) is 9.39. The zero-order chi connectivity index (χ0) is 9.19. The van der Waals surface area contributed by atoms with Crippen molar-refractivity contribution in [1.82, 2.24) is 0 Å². The van der Waals surface area contributed by atoms with Gasteiger partial charge in [-0.3, -0.25) is 9.59 Å². The lowest BCUT2D eigenvalue weighted by Crippen LogP contribution is -2.36. The fraction of sp³-hybridized carbons (Fsp3) is 0.778. The summed E-state index contributed by atoms with van der Waals surface area (Å²) in [5, 5.41) is 0. The number of rotatable bonds is 2. The Balaban J connectivity index is 2.84. The molecule has 2 nitrogen and oxygen atoms in total. The molecule has 0 N–H and O–H groups in total. The maximum atomic E-state index is 11.3. The quantitative estimate of drug-likeness (QED) is 0.442. The summed E-state index contributed by atoms with van der Waals surface area (Å²) in [5.41, 5.74) is -0.612. The lowest BCUT2D eigenvalue weighted by molar-refractivity contribution is -0.135. The second-order valence-electron chi connectivity index (χ2n) is 3.47. The lowest BCUT2D eigenvalue weighted by Gasteiger charge is -2.31. The molecular formula is C9H13IO2. The SMILES string of the molecule is CC(=O)C1(C(=O)I)CCCCC1. The molecule has 3 heteroatoms. The first kappa shape index (κ1) is 10.2. The molecule has 0 radical (unpaired) electrons. The Kier molecular flexibility index (Phi) is 3.26. The van der Waals surface area contributed by atoms with Crippen LogP contribution < -0.4 is 0 Å². The topological polar surface area (TPSA) is 34.1 Å². The molecule has 0 amide bonds. The average molecular weight is 280 g/mol. The van der Waals surface area contributed by atoms with Crippen LogP contribution in [0.1, 0.15) is 39.0 Å². The summed E-state index contributed by atoms with van der Waals surface area (Å²) in [6.45, 7) is 1.54. The Morgan fingerprint density at radius 2 is 1.67 bits per heavy atom. The number of carbonyl (C=O) groups excluding carboxylic acids is 2. The van der Waals surface area contributed by atoms with E-state index in [2.05, 4.69) is 0 Å². The second-order valence-corrected chi connectivity index (χ2v) is 4.45. The van der Waals surface area contributed by atoms with Crippen molar-refractivity contribution >= 4 is 32.2 Å². The third kappa shape index (κ3) is 1.70. The number of ketones is 1. The molecule has 1 saturated carbocycles. The van der Waals surface area contributed by atoms with E-state index in [0.717, 1.165) is 25.7 Å². The van der Waals surface area contributed by atoms with Crippen LogP contribution >= 0.6 is 22.6 Å². The fourth-order valence-corrected chi connectivity index (χ4v) is 2.76. The molecule has 12 heavy (non-hydrogen) atoms. The number of hydrogen-bond acceptors (Lipinski definition) is 2. The van der Waals surface area contributed by atoms with Crippen LogP contribution in [0.5, 0.6) is 0 Å². The molecule has 0 heterocycles. The molecule has 1 aliphatic carbocycles. The highest BCUT2D eigenvalue weighted by Crippen LogP contribution is 2.39. The van der Waals surface area contributed by atoms with Crippen molar-refractivity contribution in [1.29, 1.82) is 0 Å². The van der Waals surface area contributed by atoms with Gasteiger partial charge in [-0.05, 0) is 19.8 Å². The van der Waals surface area contributed by atoms with Gasteiger partial charge in [-0.25, -0.2) is 0 Å². The standard InChI is InChI=1S/C9H13IO2/c1-7(11)9(8(10)12)5-3-2-4-6-9/h2-6H2,1H3. The van der Waals surface area contributed by atoms with Crippen molar-refractivity contribution in [2.75, 3.05) is 0 Å². The molecule has 0 atom stereocenters. The van der Waals surface area contributed by atoms with Crippen molar-refractivity contribution in [2.45, 2.75) is 39.0 Å². The van der Waals surface area contributed by atoms with Crippen LogP contribution in [0.4, 0.5) is 0 Å². The van der Waals surface area contributed by atoms with E-state index in [9.17, 15) is 9.59 Å². The van der Waals surface area contributed by atoms with Gasteiger partial charge in [0, 0.05) is 22.6 Å². The van der Waals surface area contributed by atoms with Crippen molar-refractivity contribution in [2.24, 2.45) is 5.41 Å². The van der Waals surface area contributed by atoms with Crippen molar-refractivity contribution in [3.05, 3.63) is 0 Å². The normalized spacial score (nSPS) is 21.8. The number of hydrogen-bond donors (Lipinski definition) is 0. The van der Waals surface area contributed by atoms with E-state index in [4.69, 9.17) is 0 Å². The van der Waals surface area contributed by atoms with Crippen molar-refractivity contribution in [3.8, 4) is 0 Å². The van der Waals surface area contributed by atoms with Gasteiger partial charge in [-0.2, -0.15) is 0 Å². The Morgan fingerprint density at radius 3 is 1.92 bits per heavy atom. The highest BCUT2D eigenvalue weighted by Gasteiger charge is 2.42. The van der Waals surface area contributed by atoms with Crippen molar-refractivity contribution in [3.63, 3.8) is 0 Å². The Labute approximate surface area is 86.2 Å². The molecule has 68 valence electrons. The van der Waals surface area contributed by atoms with Crippen LogP contribution in [0.3, 0.4) is 0 Å². The van der Waals surface area contributed by atoms with Gasteiger partial charge in [0.1, 0.15) is 5.78 Å². The van der Waals surface area contributed by atoms with Crippen LogP contribution in [-0.4, -0.2) is 9.57 Å². The van der Waals surface area contributed by atoms with Gasteiger partial charge >= 0.3 is 0 Å². The van der Waals surface area contributed by atoms with E-state index >= 15 is 0 Å². The highest BCUT2D eigenvalue weighted by atomic mass is 127. The molecule has 0 bridgehead atoms. The highest BCUT2D eigenvalue weighted by molar-refractivity contribution is 14.1. The van der Waals surface area contributed by atoms with E-state index in [0.29, 0.717) is 0 Å². The average Bonchev–Trinajstić information content (AvgIpc) is 2.05. The maximum absolute atomic E-state index is 11.3. The fourth-order valence-electron chi connectivity index (χ4n) is 1.84. The van der Waals surface area contributed by atoms with Gasteiger partial charge in [0.2, 0.25) is 3.79 Å². The minimum absolute atomic E-state index is 0.0345. The molecule has 1 aliphatic rings. The van der Waals surface area contributed by atoms with E-state index in [-0.39, 0.29) is 9.57 Å². The summed E-state index contributed by atoms with van der Waals surface area (Å²) in [6, 6.07) is 0. The van der Waals surface area contributed by atoms with E-state index in [1.165, 1.54) is 6.42 Å². The Morgan fingerprint density at radius 1 is 1.17 bits per heavy atom. The van der Waals surface area contributed by atoms with Crippen LogP contribution in [0.2, 0.25) is 0 Å². The largest absolute Gasteiger partial charge is 0.299 e. The Bertz CT molecular complexity index is 189. The van der Waals surface area contributed by atoms with Crippen LogP contribution in [-0.2, 0) is 9.59 Å². The molecule has 1 rings (SSSR count). The number of halogens is 1. The predicted molar refractivity (Wildman–Crippen MR) is 55.2 cm³/mol. The second kappa shape index (κ2) is 3.85. The van der Waals surface area contributed by atoms with Gasteiger partial charge in [-0.1, -0.05) is 19.3 Å². The summed E-state index contributed by atoms with van der Waals surface area (Å²) in [7, 11) is 0. The molecule has 0 aromatic carbocycles. The summed E-state index contributed by atoms with van der Waals surface area (Å²) >= 11 is 1.77. The predicted octanol–water partition coefficient (Wildman–Crippen LogP) is 2.49. The first-order valence-corrected chi connectivity index (χ1v) is 5.38. The third-order valence-corrected chi connectivity index (χ3v) is 3.79. The van der Waals surface area contributed by atoms with Gasteiger partial charge < -0.3 is 0 Å². The molecule has 0 aromatic heterocycles. The van der Waals surface area contributed by atoms with Crippen LogP contribution in [0, 0.1) is 5.41 Å². The van der Waals surface area contributed by atoms with Crippen LogP contribution in [0.15, 0.2) is 0 Å². The molecule has 1 fully saturated rings. The minimum atomic E-state index is -0.612. The molecule has 0 aromatic rings. The molecule has 0 saturated heterocycles. The smallest absolute Gasteiger partial charge is 0.205 e. The summed E-state index contributed by atoms with van der Waals surface area (Å²) < 4.78 is 0.0345. The monoisotopic (exact) mass is 280 g/mol. The third-order valence-electron chi connectivity index (χ3n) is 2.76. The first-order chi connectivity index (χ1) is 5.59. The zero-order valence-electron chi connectivity index (χ0n) is 7.23. The van der Waals surface area contributed by atoms with E-state index in [1.54, 1.807) is 29.5 Å². The summed E-state index contributed by atoms with van der Waals surface area (Å²) in [4.78, 5) is 22.7. The molecule has 0 unspecified atom stereocenters. The molecule has 0 aliphatic heterocycles. The van der Waals surface area contributed by atoms with Crippen LogP contribution in [0.25, 0.3) is 0 Å². The number of carbonyl (C=O) groups is 2. The Hall–Kier alpha value is 0.0700. The number of Topliss-reactive ketones (excluding diaryl/α,β-unsaturated/α-hetero) is 1. The van der Waals surface area contributed by atoms with E-state index < -0.39 is 5.41 Å². The molecular weight excluding hydrogens is 267 g/mol. The lowest BCUT2D eigenvalue weighted by atomic mass is 9.73. The molecule has 0 spiro atoms. The van der Waals surface area contributed by atoms with E-state index in [1.807, 2.05) is 0 Å².